The molecule has 1 aliphatic carbocycles. The van der Waals surface area contributed by atoms with E-state index in [-0.39, 0.29) is 12.8 Å². The molecule has 0 aromatic heterocycles. The third-order valence-corrected chi connectivity index (χ3v) is 11.9. The van der Waals surface area contributed by atoms with Gasteiger partial charge in [0.25, 0.3) is 0 Å². The average molecular weight is 659 g/mol. The largest absolute Gasteiger partial charge is 0.376 e. The van der Waals surface area contributed by atoms with E-state index in [9.17, 15) is 0 Å². The first-order valence-electron chi connectivity index (χ1n) is 18.3. The van der Waals surface area contributed by atoms with Crippen molar-refractivity contribution in [2.45, 2.75) is 5.92 Å². The fourth-order valence-corrected chi connectivity index (χ4v) is 9.80. The van der Waals surface area contributed by atoms with Crippen LogP contribution in [0.3, 0.4) is 0 Å². The van der Waals surface area contributed by atoms with Gasteiger partial charge >= 0.3 is 6.85 Å². The highest BCUT2D eigenvalue weighted by molar-refractivity contribution is 6.95. The molecule has 0 radical (unpaired) electrons. The van der Waals surface area contributed by atoms with Crippen molar-refractivity contribution in [3.05, 3.63) is 199 Å². The Balaban J connectivity index is 1.13. The summed E-state index contributed by atoms with van der Waals surface area (Å²) >= 11 is 0. The lowest BCUT2D eigenvalue weighted by Gasteiger charge is -2.49. The Bertz CT molecular complexity index is 2740. The summed E-state index contributed by atoms with van der Waals surface area (Å²) in [5.74, 6) is 0.188. The standard InChI is InChI=1S/C49H31BN2/c1-2-13-31(14-3-1)32-15-10-16-34(29-32)51-45-25-11-22-40-37-19-8-9-24-43(37)52-44-28-27-33(30-42(44)41-23-12-26-46(51)49(41)50(52)48(40)45)47-38-20-6-4-17-35(38)36-18-5-7-21-39(36)47/h1-30,47H. The van der Waals surface area contributed by atoms with Crippen molar-refractivity contribution in [3.63, 3.8) is 0 Å². The number of anilines is 5. The number of hydrogen-bond acceptors (Lipinski definition) is 2. The molecule has 0 saturated heterocycles. The smallest absolute Gasteiger partial charge is 0.333 e. The summed E-state index contributed by atoms with van der Waals surface area (Å²) < 4.78 is 0. The minimum atomic E-state index is 0.0622. The molecule has 0 atom stereocenters. The van der Waals surface area contributed by atoms with E-state index < -0.39 is 0 Å². The second-order valence-electron chi connectivity index (χ2n) is 14.4. The van der Waals surface area contributed by atoms with E-state index in [4.69, 9.17) is 0 Å². The molecule has 0 amide bonds. The maximum absolute atomic E-state index is 2.64. The van der Waals surface area contributed by atoms with Crippen molar-refractivity contribution >= 4 is 46.2 Å². The van der Waals surface area contributed by atoms with Gasteiger partial charge in [0.1, 0.15) is 0 Å². The SMILES string of the molecule is c1ccc(-c2cccc(N3c4cccc5c4B4c6c(cccc63)-c3cc(C6c7ccccc7-c7ccccc76)ccc3N4c3ccccc3-5)c2)cc1. The molecule has 52 heavy (non-hydrogen) atoms. The summed E-state index contributed by atoms with van der Waals surface area (Å²) in [4.78, 5) is 5.16. The quantitative estimate of drug-likeness (QED) is 0.174. The van der Waals surface area contributed by atoms with Crippen LogP contribution in [0, 0.1) is 0 Å². The van der Waals surface area contributed by atoms with Gasteiger partial charge in [-0.25, -0.2) is 0 Å². The molecule has 3 aliphatic heterocycles. The van der Waals surface area contributed by atoms with Gasteiger partial charge in [-0.2, -0.15) is 0 Å². The summed E-state index contributed by atoms with van der Waals surface area (Å²) in [6.07, 6.45) is 0. The van der Waals surface area contributed by atoms with E-state index in [1.807, 2.05) is 0 Å². The van der Waals surface area contributed by atoms with E-state index in [2.05, 4.69) is 192 Å². The van der Waals surface area contributed by atoms with Gasteiger partial charge in [-0.15, -0.1) is 0 Å². The fourth-order valence-electron chi connectivity index (χ4n) is 9.80. The molecular formula is C49H31BN2. The van der Waals surface area contributed by atoms with Gasteiger partial charge in [0.2, 0.25) is 0 Å². The zero-order valence-electron chi connectivity index (χ0n) is 28.4. The fraction of sp³-hybridized carbons (Fsp3) is 0.0204. The molecule has 8 aromatic rings. The molecule has 0 saturated carbocycles. The van der Waals surface area contributed by atoms with E-state index in [1.165, 1.54) is 101 Å². The first kappa shape index (κ1) is 28.2. The van der Waals surface area contributed by atoms with E-state index in [1.54, 1.807) is 0 Å². The number of rotatable bonds is 3. The second kappa shape index (κ2) is 10.5. The lowest BCUT2D eigenvalue weighted by Crippen LogP contribution is -2.63. The topological polar surface area (TPSA) is 6.48 Å². The molecule has 0 N–H and O–H groups in total. The van der Waals surface area contributed by atoms with E-state index in [0.29, 0.717) is 0 Å². The third kappa shape index (κ3) is 3.70. The molecule has 2 nitrogen and oxygen atoms in total. The minimum Gasteiger partial charge on any atom is -0.376 e. The highest BCUT2D eigenvalue weighted by Crippen LogP contribution is 2.54. The minimum absolute atomic E-state index is 0.0622. The molecule has 240 valence electrons. The van der Waals surface area contributed by atoms with Crippen molar-refractivity contribution in [3.8, 4) is 44.5 Å². The van der Waals surface area contributed by atoms with Crippen LogP contribution in [-0.4, -0.2) is 6.85 Å². The highest BCUT2D eigenvalue weighted by atomic mass is 15.2. The zero-order chi connectivity index (χ0) is 33.9. The van der Waals surface area contributed by atoms with E-state index >= 15 is 0 Å². The number of fused-ring (bicyclic) bond motifs is 9. The van der Waals surface area contributed by atoms with Gasteiger partial charge in [-0.3, -0.25) is 0 Å². The van der Waals surface area contributed by atoms with Crippen molar-refractivity contribution in [2.24, 2.45) is 0 Å². The van der Waals surface area contributed by atoms with Crippen LogP contribution >= 0.6 is 0 Å². The first-order chi connectivity index (χ1) is 25.8. The van der Waals surface area contributed by atoms with Crippen molar-refractivity contribution in [2.75, 3.05) is 9.71 Å². The number of para-hydroxylation sites is 1. The molecule has 0 bridgehead atoms. The van der Waals surface area contributed by atoms with Crippen molar-refractivity contribution in [1.29, 1.82) is 0 Å². The van der Waals surface area contributed by atoms with Crippen LogP contribution in [0.25, 0.3) is 44.5 Å². The summed E-state index contributed by atoms with van der Waals surface area (Å²) in [6.45, 7) is 0.0622. The van der Waals surface area contributed by atoms with Crippen LogP contribution in [0.4, 0.5) is 28.4 Å². The van der Waals surface area contributed by atoms with Gasteiger partial charge in [-0.05, 0) is 103 Å². The van der Waals surface area contributed by atoms with Gasteiger partial charge in [0.15, 0.2) is 0 Å². The lowest BCUT2D eigenvalue weighted by atomic mass is 9.41. The predicted octanol–water partition coefficient (Wildman–Crippen LogP) is 11.2. The van der Waals surface area contributed by atoms with Crippen molar-refractivity contribution < 1.29 is 0 Å². The Morgan fingerprint density at radius 2 is 0.904 bits per heavy atom. The average Bonchev–Trinajstić information content (AvgIpc) is 3.55. The molecule has 0 spiro atoms. The molecule has 0 fully saturated rings. The number of nitrogens with zero attached hydrogens (tertiary/aromatic N) is 2. The van der Waals surface area contributed by atoms with Crippen LogP contribution in [-0.2, 0) is 0 Å². The summed E-state index contributed by atoms with van der Waals surface area (Å²) in [5, 5.41) is 0. The van der Waals surface area contributed by atoms with Gasteiger partial charge < -0.3 is 9.71 Å². The Morgan fingerprint density at radius 3 is 1.63 bits per heavy atom. The molecular weight excluding hydrogens is 627 g/mol. The Kier molecular flexibility index (Phi) is 5.67. The lowest BCUT2D eigenvalue weighted by molar-refractivity contribution is 1.01. The van der Waals surface area contributed by atoms with Crippen molar-refractivity contribution in [1.82, 2.24) is 0 Å². The molecule has 3 heterocycles. The van der Waals surface area contributed by atoms with Gasteiger partial charge in [-0.1, -0.05) is 140 Å². The van der Waals surface area contributed by atoms with E-state index in [0.717, 1.165) is 0 Å². The van der Waals surface area contributed by atoms with Crippen LogP contribution in [0.1, 0.15) is 22.6 Å². The summed E-state index contributed by atoms with van der Waals surface area (Å²) in [7, 11) is 0. The highest BCUT2D eigenvalue weighted by Gasteiger charge is 2.48. The Hall–Kier alpha value is -6.58. The molecule has 8 aromatic carbocycles. The molecule has 0 unspecified atom stereocenters. The predicted molar refractivity (Wildman–Crippen MR) is 217 cm³/mol. The van der Waals surface area contributed by atoms with Crippen LogP contribution < -0.4 is 20.6 Å². The summed E-state index contributed by atoms with van der Waals surface area (Å²) in [6, 6.07) is 67.9. The van der Waals surface area contributed by atoms with Crippen LogP contribution in [0.2, 0.25) is 0 Å². The molecule has 12 rings (SSSR count). The maximum Gasteiger partial charge on any atom is 0.333 e. The second-order valence-corrected chi connectivity index (χ2v) is 14.4. The first-order valence-corrected chi connectivity index (χ1v) is 18.3. The third-order valence-electron chi connectivity index (χ3n) is 11.9. The van der Waals surface area contributed by atoms with Crippen LogP contribution in [0.5, 0.6) is 0 Å². The summed E-state index contributed by atoms with van der Waals surface area (Å²) in [5.41, 5.74) is 23.4. The Morgan fingerprint density at radius 1 is 0.365 bits per heavy atom. The monoisotopic (exact) mass is 658 g/mol. The normalized spacial score (nSPS) is 14.0. The van der Waals surface area contributed by atoms with Gasteiger partial charge in [0.05, 0.1) is 0 Å². The molecule has 4 aliphatic rings. The maximum atomic E-state index is 2.64. The molecule has 3 heteroatoms. The van der Waals surface area contributed by atoms with Gasteiger partial charge in [0, 0.05) is 45.5 Å². The van der Waals surface area contributed by atoms with Crippen LogP contribution in [0.15, 0.2) is 182 Å². The zero-order valence-corrected chi connectivity index (χ0v) is 28.4. The number of benzene rings is 8. The number of hydrogen-bond donors (Lipinski definition) is 0. The Labute approximate surface area is 304 Å².